The maximum atomic E-state index is 14.0. The summed E-state index contributed by atoms with van der Waals surface area (Å²) in [4.78, 5) is 50.8. The van der Waals surface area contributed by atoms with Gasteiger partial charge in [0.15, 0.2) is 0 Å². The number of amides is 1. The zero-order valence-corrected chi connectivity index (χ0v) is 25.1. The number of nitrogens with zero attached hydrogens (tertiary/aromatic N) is 3. The third-order valence-electron chi connectivity index (χ3n) is 9.34. The van der Waals surface area contributed by atoms with Crippen LogP contribution in [0.5, 0.6) is 11.6 Å². The molecule has 9 nitrogen and oxygen atoms in total. The van der Waals surface area contributed by atoms with Crippen molar-refractivity contribution in [3.05, 3.63) is 23.9 Å². The highest BCUT2D eigenvalue weighted by atomic mass is 16.6. The average Bonchev–Trinajstić information content (AvgIpc) is 3.44. The second kappa shape index (κ2) is 11.2. The maximum absolute atomic E-state index is 14.0. The van der Waals surface area contributed by atoms with Gasteiger partial charge >= 0.3 is 5.97 Å². The SMILES string of the molecule is COc1ccc2nc3c(nc2c1)O[C@H]1CN(C(=O)[C@H](C(C)(C)C)CC(=O)O[C@]2(C)C[C@H]2CCCCC3)[C@H](C=O)[C@@H]1C. The Bertz CT molecular complexity index is 1320. The van der Waals surface area contributed by atoms with Gasteiger partial charge in [0, 0.05) is 17.9 Å². The number of carbonyl (C=O) groups excluding carboxylic acids is 3. The van der Waals surface area contributed by atoms with Crippen LogP contribution < -0.4 is 9.47 Å². The largest absolute Gasteiger partial charge is 0.497 e. The molecule has 0 spiro atoms. The van der Waals surface area contributed by atoms with Gasteiger partial charge in [-0.1, -0.05) is 40.5 Å². The van der Waals surface area contributed by atoms with E-state index in [1.54, 1.807) is 12.0 Å². The molecule has 2 fully saturated rings. The highest BCUT2D eigenvalue weighted by molar-refractivity contribution is 5.87. The molecule has 3 heterocycles. The number of esters is 1. The number of aryl methyl sites for hydroxylation is 1. The summed E-state index contributed by atoms with van der Waals surface area (Å²) in [5.41, 5.74) is 1.24. The van der Waals surface area contributed by atoms with Crippen LogP contribution in [0.3, 0.4) is 0 Å². The van der Waals surface area contributed by atoms with Crippen LogP contribution >= 0.6 is 0 Å². The fourth-order valence-corrected chi connectivity index (χ4v) is 6.40. The van der Waals surface area contributed by atoms with E-state index in [0.717, 1.165) is 49.6 Å². The lowest BCUT2D eigenvalue weighted by Crippen LogP contribution is -2.46. The first kappa shape index (κ1) is 29.3. The standard InChI is InChI=1S/C32H43N3O6/c1-19-26(18-36)35-17-27(19)40-29-24(33-23-13-12-21(39-6)14-25(23)34-29)11-9-7-8-10-20-16-32(20,5)41-28(37)15-22(30(35)38)31(2,3)4/h12-14,18-20,22,26-27H,7-11,15-17H2,1-6H3/t19-,20+,22+,26+,27-,32+/m0/s1. The van der Waals surface area contributed by atoms with E-state index in [1.807, 2.05) is 52.8 Å². The predicted octanol–water partition coefficient (Wildman–Crippen LogP) is 4.92. The van der Waals surface area contributed by atoms with Crippen LogP contribution in [0.2, 0.25) is 0 Å². The highest BCUT2D eigenvalue weighted by Crippen LogP contribution is 2.50. The molecule has 1 saturated heterocycles. The average molecular weight is 566 g/mol. The lowest BCUT2D eigenvalue weighted by atomic mass is 9.77. The van der Waals surface area contributed by atoms with Crippen molar-refractivity contribution in [3.63, 3.8) is 0 Å². The Morgan fingerprint density at radius 3 is 2.61 bits per heavy atom. The van der Waals surface area contributed by atoms with Crippen LogP contribution in [-0.2, 0) is 25.5 Å². The van der Waals surface area contributed by atoms with Crippen LogP contribution in [0.25, 0.3) is 11.0 Å². The number of aldehydes is 1. The summed E-state index contributed by atoms with van der Waals surface area (Å²) in [5.74, 6) is -0.0231. The van der Waals surface area contributed by atoms with Gasteiger partial charge < -0.3 is 23.9 Å². The molecule has 1 aliphatic carbocycles. The molecule has 41 heavy (non-hydrogen) atoms. The van der Waals surface area contributed by atoms with E-state index in [1.165, 1.54) is 0 Å². The Morgan fingerprint density at radius 2 is 1.90 bits per heavy atom. The van der Waals surface area contributed by atoms with Gasteiger partial charge in [0.2, 0.25) is 11.8 Å². The van der Waals surface area contributed by atoms with Gasteiger partial charge in [-0.25, -0.2) is 9.97 Å². The van der Waals surface area contributed by atoms with Crippen LogP contribution in [0, 0.1) is 23.2 Å². The van der Waals surface area contributed by atoms with Crippen molar-refractivity contribution in [1.82, 2.24) is 14.9 Å². The molecule has 222 valence electrons. The molecule has 0 N–H and O–H groups in total. The number of hydrogen-bond acceptors (Lipinski definition) is 8. The van der Waals surface area contributed by atoms with E-state index in [2.05, 4.69) is 0 Å². The van der Waals surface area contributed by atoms with Crippen molar-refractivity contribution in [2.45, 2.75) is 97.3 Å². The smallest absolute Gasteiger partial charge is 0.307 e. The third kappa shape index (κ3) is 6.04. The summed E-state index contributed by atoms with van der Waals surface area (Å²) >= 11 is 0. The molecule has 0 radical (unpaired) electrons. The summed E-state index contributed by atoms with van der Waals surface area (Å²) < 4.78 is 17.9. The maximum Gasteiger partial charge on any atom is 0.307 e. The zero-order chi connectivity index (χ0) is 29.5. The molecule has 0 unspecified atom stereocenters. The first-order valence-corrected chi connectivity index (χ1v) is 14.9. The first-order valence-electron chi connectivity index (χ1n) is 14.9. The molecule has 1 amide bonds. The van der Waals surface area contributed by atoms with Gasteiger partial charge in [0.25, 0.3) is 0 Å². The number of carbonyl (C=O) groups is 3. The van der Waals surface area contributed by atoms with Gasteiger partial charge in [-0.2, -0.15) is 0 Å². The van der Waals surface area contributed by atoms with E-state index in [9.17, 15) is 14.4 Å². The van der Waals surface area contributed by atoms with Crippen molar-refractivity contribution in [3.8, 4) is 11.6 Å². The van der Waals surface area contributed by atoms with Crippen LogP contribution in [0.4, 0.5) is 0 Å². The number of hydrogen-bond donors (Lipinski definition) is 0. The molecule has 1 aromatic heterocycles. The third-order valence-corrected chi connectivity index (χ3v) is 9.34. The van der Waals surface area contributed by atoms with Crippen molar-refractivity contribution >= 4 is 29.2 Å². The monoisotopic (exact) mass is 565 g/mol. The van der Waals surface area contributed by atoms with Gasteiger partial charge in [-0.05, 0) is 50.2 Å². The minimum atomic E-state index is -0.669. The lowest BCUT2D eigenvalue weighted by Gasteiger charge is -2.34. The predicted molar refractivity (Wildman–Crippen MR) is 154 cm³/mol. The highest BCUT2D eigenvalue weighted by Gasteiger charge is 2.54. The molecule has 6 atom stereocenters. The Labute approximate surface area is 242 Å². The molecule has 1 aromatic carbocycles. The van der Waals surface area contributed by atoms with Gasteiger partial charge in [0.05, 0.1) is 43.1 Å². The van der Waals surface area contributed by atoms with Gasteiger partial charge in [0.1, 0.15) is 29.4 Å². The number of rotatable bonds is 2. The molecule has 3 aliphatic rings. The summed E-state index contributed by atoms with van der Waals surface area (Å²) in [6.07, 6.45) is 5.86. The normalized spacial score (nSPS) is 31.3. The Hall–Kier alpha value is -3.23. The lowest BCUT2D eigenvalue weighted by molar-refractivity contribution is -0.158. The number of benzene rings is 1. The van der Waals surface area contributed by atoms with Crippen LogP contribution in [0.1, 0.15) is 78.8 Å². The van der Waals surface area contributed by atoms with E-state index in [-0.39, 0.29) is 30.8 Å². The molecular weight excluding hydrogens is 522 g/mol. The zero-order valence-electron chi connectivity index (χ0n) is 25.1. The summed E-state index contributed by atoms with van der Waals surface area (Å²) in [6, 6.07) is 4.93. The van der Waals surface area contributed by atoms with E-state index >= 15 is 0 Å². The Balaban J connectivity index is 1.50. The first-order chi connectivity index (χ1) is 19.4. The van der Waals surface area contributed by atoms with Crippen molar-refractivity contribution in [1.29, 1.82) is 0 Å². The summed E-state index contributed by atoms with van der Waals surface area (Å²) in [6.45, 7) is 9.99. The summed E-state index contributed by atoms with van der Waals surface area (Å²) in [7, 11) is 1.61. The number of fused-ring (bicyclic) bond motifs is 5. The number of ether oxygens (including phenoxy) is 3. The van der Waals surface area contributed by atoms with Gasteiger partial charge in [-0.15, -0.1) is 0 Å². The minimum absolute atomic E-state index is 0.0191. The van der Waals surface area contributed by atoms with Crippen LogP contribution in [-0.4, -0.2) is 64.4 Å². The van der Waals surface area contributed by atoms with Crippen molar-refractivity contribution in [2.75, 3.05) is 13.7 Å². The molecule has 1 saturated carbocycles. The molecule has 2 bridgehead atoms. The fraction of sp³-hybridized carbons (Fsp3) is 0.656. The van der Waals surface area contributed by atoms with Crippen molar-refractivity contribution < 1.29 is 28.6 Å². The molecule has 2 aromatic rings. The number of methoxy groups -OCH3 is 1. The summed E-state index contributed by atoms with van der Waals surface area (Å²) in [5, 5.41) is 0. The van der Waals surface area contributed by atoms with Gasteiger partial charge in [-0.3, -0.25) is 9.59 Å². The fourth-order valence-electron chi connectivity index (χ4n) is 6.40. The Morgan fingerprint density at radius 1 is 1.12 bits per heavy atom. The number of aromatic nitrogens is 2. The van der Waals surface area contributed by atoms with E-state index in [4.69, 9.17) is 24.2 Å². The van der Waals surface area contributed by atoms with E-state index < -0.39 is 29.1 Å². The minimum Gasteiger partial charge on any atom is -0.497 e. The molecular formula is C32H43N3O6. The quantitative estimate of drug-likeness (QED) is 0.373. The topological polar surface area (TPSA) is 108 Å². The molecule has 5 rings (SSSR count). The Kier molecular flexibility index (Phi) is 8.01. The second-order valence-electron chi connectivity index (χ2n) is 13.4. The van der Waals surface area contributed by atoms with E-state index in [0.29, 0.717) is 29.5 Å². The second-order valence-corrected chi connectivity index (χ2v) is 13.4. The van der Waals surface area contributed by atoms with Crippen molar-refractivity contribution in [2.24, 2.45) is 23.2 Å². The molecule has 2 aliphatic heterocycles. The van der Waals surface area contributed by atoms with Crippen LogP contribution in [0.15, 0.2) is 18.2 Å². The molecule has 9 heteroatoms.